The highest BCUT2D eigenvalue weighted by Gasteiger charge is 2.57. The predicted molar refractivity (Wildman–Crippen MR) is 153 cm³/mol. The second kappa shape index (κ2) is 11.6. The van der Waals surface area contributed by atoms with Crippen LogP contribution in [0.4, 0.5) is 0 Å². The van der Waals surface area contributed by atoms with Gasteiger partial charge in [0, 0.05) is 13.1 Å². The van der Waals surface area contributed by atoms with Crippen LogP contribution in [0.3, 0.4) is 0 Å². The molecule has 0 aromatic rings. The second-order valence-corrected chi connectivity index (χ2v) is 14.8. The maximum Gasteiger partial charge on any atom is 0.0703 e. The van der Waals surface area contributed by atoms with Crippen LogP contribution < -0.4 is 0 Å². The van der Waals surface area contributed by atoms with Gasteiger partial charge in [0.1, 0.15) is 0 Å². The topological polar surface area (TPSA) is 6.48 Å². The van der Waals surface area contributed by atoms with Crippen molar-refractivity contribution < 1.29 is 0 Å². The first kappa shape index (κ1) is 30.3. The molecule has 0 saturated heterocycles. The Bertz CT molecular complexity index is 573. The van der Waals surface area contributed by atoms with Gasteiger partial charge in [-0.2, -0.15) is 0 Å². The van der Waals surface area contributed by atoms with Crippen LogP contribution in [-0.2, 0) is 0 Å². The normalized spacial score (nSPS) is 38.9. The maximum atomic E-state index is 6.22. The number of likely N-dealkylation sites (N-methyl/N-ethyl adjacent to an activating group) is 2. The van der Waals surface area contributed by atoms with Gasteiger partial charge in [-0.05, 0) is 99.2 Å². The summed E-state index contributed by atoms with van der Waals surface area (Å²) in [5.74, 6) is 7.70. The van der Waals surface area contributed by atoms with Crippen molar-refractivity contribution in [2.75, 3.05) is 41.3 Å². The molecular weight excluding hydrogens is 410 g/mol. The van der Waals surface area contributed by atoms with E-state index in [0.717, 1.165) is 60.4 Å². The Morgan fingerprint density at radius 2 is 0.912 bits per heavy atom. The smallest absolute Gasteiger partial charge is 0.0703 e. The van der Waals surface area contributed by atoms with Crippen molar-refractivity contribution in [3.8, 4) is 0 Å². The molecule has 0 aliphatic heterocycles. The minimum atomic E-state index is 0.483. The molecule has 0 amide bonds. The molecule has 0 spiro atoms. The van der Waals surface area contributed by atoms with Gasteiger partial charge < -0.3 is 9.80 Å². The number of hydrogen-bond donors (Lipinski definition) is 0. The van der Waals surface area contributed by atoms with Gasteiger partial charge in [-0.25, -0.2) is 0 Å². The number of fused-ring (bicyclic) bond motifs is 4. The lowest BCUT2D eigenvalue weighted by Crippen LogP contribution is -2.55. The van der Waals surface area contributed by atoms with Crippen LogP contribution in [0.1, 0.15) is 81.1 Å². The zero-order valence-electron chi connectivity index (χ0n) is 25.1. The molecule has 0 unspecified atom stereocenters. The van der Waals surface area contributed by atoms with Gasteiger partial charge in [-0.3, -0.25) is 0 Å². The Morgan fingerprint density at radius 1 is 0.618 bits per heavy atom. The third-order valence-corrected chi connectivity index (χ3v) is 10.7. The third kappa shape index (κ3) is 6.48. The van der Waals surface area contributed by atoms with E-state index in [2.05, 4.69) is 93.4 Å². The Labute approximate surface area is 217 Å². The molecule has 0 heterocycles. The Kier molecular flexibility index (Phi) is 10.3. The van der Waals surface area contributed by atoms with Gasteiger partial charge in [-0.15, -0.1) is 0 Å². The molecule has 6 saturated carbocycles. The van der Waals surface area contributed by atoms with Crippen LogP contribution in [0.15, 0.2) is 0 Å². The lowest BCUT2D eigenvalue weighted by Gasteiger charge is -2.63. The fraction of sp³-hybridized carbons (Fsp3) is 1.00. The van der Waals surface area contributed by atoms with E-state index in [4.69, 9.17) is 15.7 Å². The first-order chi connectivity index (χ1) is 15.5. The van der Waals surface area contributed by atoms with Crippen molar-refractivity contribution >= 4 is 15.7 Å². The van der Waals surface area contributed by atoms with Gasteiger partial charge in [0.2, 0.25) is 0 Å². The summed E-state index contributed by atoms with van der Waals surface area (Å²) in [5.41, 5.74) is 1.18. The van der Waals surface area contributed by atoms with Crippen LogP contribution in [0.5, 0.6) is 0 Å². The second-order valence-electron chi connectivity index (χ2n) is 14.8. The van der Waals surface area contributed by atoms with Crippen LogP contribution >= 0.6 is 0 Å². The molecule has 8 atom stereocenters. The fourth-order valence-corrected chi connectivity index (χ4v) is 8.10. The van der Waals surface area contributed by atoms with E-state index in [1.165, 1.54) is 25.7 Å². The molecule has 6 aliphatic rings. The molecule has 4 radical (unpaired) electrons. The van der Waals surface area contributed by atoms with Gasteiger partial charge in [0.05, 0.1) is 15.7 Å². The average molecular weight is 468 g/mol. The van der Waals surface area contributed by atoms with Crippen molar-refractivity contribution in [3.63, 3.8) is 0 Å². The van der Waals surface area contributed by atoms with E-state index in [1.54, 1.807) is 0 Å². The van der Waals surface area contributed by atoms with Crippen LogP contribution in [-0.4, -0.2) is 66.8 Å². The SMILES string of the molecule is CN(C)CCN(C)C.[B][C@@H]1C[C@@H]2C[C@H]([C@H]1C(C)C)C2(C)C.[B][C@@H]1C[C@@H]2C[C@H]([C@H]1C(C)C)C2(C)C. The molecule has 2 nitrogen and oxygen atoms in total. The molecule has 6 rings (SSSR count). The maximum absolute atomic E-state index is 6.22. The predicted octanol–water partition coefficient (Wildman–Crippen LogP) is 6.67. The van der Waals surface area contributed by atoms with Crippen molar-refractivity contribution in [1.29, 1.82) is 0 Å². The summed E-state index contributed by atoms with van der Waals surface area (Å²) in [5, 5.41) is 0. The minimum absolute atomic E-state index is 0.483. The van der Waals surface area contributed by atoms with E-state index >= 15 is 0 Å². The summed E-state index contributed by atoms with van der Waals surface area (Å²) in [6.45, 7) is 21.4. The summed E-state index contributed by atoms with van der Waals surface area (Å²) in [6.07, 6.45) is 5.44. The standard InChI is InChI=1S/2C12H21B.C6H16N2/c2*1-7(2)11-9-5-8(6-10(11)13)12(9,3)4;1-7(2)5-6-8(3)4/h2*7-11H,5-6H2,1-4H3;5-6H2,1-4H3/t2*8-,9+,10+,11+;/m00./s1. The van der Waals surface area contributed by atoms with Gasteiger partial charge in [0.25, 0.3) is 0 Å². The van der Waals surface area contributed by atoms with Gasteiger partial charge in [0.15, 0.2) is 0 Å². The summed E-state index contributed by atoms with van der Waals surface area (Å²) < 4.78 is 0. The highest BCUT2D eigenvalue weighted by atomic mass is 15.1. The lowest BCUT2D eigenvalue weighted by atomic mass is 9.39. The van der Waals surface area contributed by atoms with E-state index in [0.29, 0.717) is 22.5 Å². The van der Waals surface area contributed by atoms with Crippen LogP contribution in [0.25, 0.3) is 0 Å². The third-order valence-electron chi connectivity index (χ3n) is 10.7. The van der Waals surface area contributed by atoms with Crippen LogP contribution in [0, 0.1) is 58.2 Å². The number of nitrogens with zero attached hydrogens (tertiary/aromatic N) is 2. The first-order valence-corrected chi connectivity index (χ1v) is 14.3. The van der Waals surface area contributed by atoms with Crippen molar-refractivity contribution in [2.24, 2.45) is 58.2 Å². The largest absolute Gasteiger partial charge is 0.308 e. The summed E-state index contributed by atoms with van der Waals surface area (Å²) in [4.78, 5) is 4.36. The molecule has 6 fully saturated rings. The molecule has 0 N–H and O–H groups in total. The quantitative estimate of drug-likeness (QED) is 0.416. The Hall–Kier alpha value is 0.0499. The summed E-state index contributed by atoms with van der Waals surface area (Å²) >= 11 is 0. The van der Waals surface area contributed by atoms with Gasteiger partial charge in [-0.1, -0.05) is 79.9 Å². The Morgan fingerprint density at radius 3 is 1.09 bits per heavy atom. The molecular formula is C30H58B2N2. The zero-order chi connectivity index (χ0) is 26.2. The molecule has 0 aromatic carbocycles. The molecule has 194 valence electrons. The molecule has 34 heavy (non-hydrogen) atoms. The summed E-state index contributed by atoms with van der Waals surface area (Å²) in [6, 6.07) is 0. The van der Waals surface area contributed by atoms with E-state index in [1.807, 2.05) is 0 Å². The number of rotatable bonds is 5. The highest BCUT2D eigenvalue weighted by molar-refractivity contribution is 6.12. The van der Waals surface area contributed by atoms with Gasteiger partial charge >= 0.3 is 0 Å². The van der Waals surface area contributed by atoms with E-state index in [-0.39, 0.29) is 0 Å². The fourth-order valence-electron chi connectivity index (χ4n) is 8.10. The van der Waals surface area contributed by atoms with Crippen molar-refractivity contribution in [1.82, 2.24) is 9.80 Å². The molecule has 6 aliphatic carbocycles. The molecule has 0 aromatic heterocycles. The average Bonchev–Trinajstić information content (AvgIpc) is 2.72. The van der Waals surface area contributed by atoms with E-state index in [9.17, 15) is 0 Å². The summed E-state index contributed by atoms with van der Waals surface area (Å²) in [7, 11) is 20.8. The number of hydrogen-bond acceptors (Lipinski definition) is 2. The molecule has 4 bridgehead atoms. The van der Waals surface area contributed by atoms with E-state index < -0.39 is 0 Å². The van der Waals surface area contributed by atoms with Crippen molar-refractivity contribution in [2.45, 2.75) is 92.7 Å². The van der Waals surface area contributed by atoms with Crippen LogP contribution in [0.2, 0.25) is 11.6 Å². The zero-order valence-corrected chi connectivity index (χ0v) is 25.1. The van der Waals surface area contributed by atoms with Crippen molar-refractivity contribution in [3.05, 3.63) is 0 Å². The Balaban J connectivity index is 0.000000187. The monoisotopic (exact) mass is 468 g/mol. The molecule has 4 heteroatoms. The minimum Gasteiger partial charge on any atom is -0.308 e. The lowest BCUT2D eigenvalue weighted by molar-refractivity contribution is -0.116. The first-order valence-electron chi connectivity index (χ1n) is 14.3. The highest BCUT2D eigenvalue weighted by Crippen LogP contribution is 2.66.